The number of carbonyl (C=O) groups is 2. The normalized spacial score (nSPS) is 23.5. The number of hydrogen-bond acceptors (Lipinski definition) is 6. The molecule has 1 saturated carbocycles. The summed E-state index contributed by atoms with van der Waals surface area (Å²) in [6.45, 7) is 2.81. The minimum absolute atomic E-state index is 0.0362. The topological polar surface area (TPSA) is 107 Å². The minimum atomic E-state index is -0.575. The highest BCUT2D eigenvalue weighted by Crippen LogP contribution is 2.36. The van der Waals surface area contributed by atoms with Gasteiger partial charge in [-0.2, -0.15) is 0 Å². The lowest BCUT2D eigenvalue weighted by Crippen LogP contribution is -2.36. The average molecular weight is 389 g/mol. The van der Waals surface area contributed by atoms with Gasteiger partial charge in [0.25, 0.3) is 5.56 Å². The summed E-state index contributed by atoms with van der Waals surface area (Å²) in [7, 11) is 0. The van der Waals surface area contributed by atoms with Crippen molar-refractivity contribution in [2.75, 3.05) is 6.61 Å². The van der Waals surface area contributed by atoms with Gasteiger partial charge in [0, 0.05) is 20.0 Å². The van der Waals surface area contributed by atoms with E-state index in [1.54, 1.807) is 0 Å². The number of aromatic nitrogens is 2. The second kappa shape index (κ2) is 7.12. The summed E-state index contributed by atoms with van der Waals surface area (Å²) in [4.78, 5) is 47.9. The summed E-state index contributed by atoms with van der Waals surface area (Å²) < 4.78 is 11.8. The molecule has 23 heavy (non-hydrogen) atoms. The van der Waals surface area contributed by atoms with Crippen LogP contribution in [0.15, 0.2) is 20.3 Å². The second-order valence-electron chi connectivity index (χ2n) is 5.50. The summed E-state index contributed by atoms with van der Waals surface area (Å²) in [5.74, 6) is -0.878. The molecule has 1 aliphatic rings. The van der Waals surface area contributed by atoms with Crippen LogP contribution in [0.1, 0.15) is 32.7 Å². The average Bonchev–Trinajstić information content (AvgIpc) is 2.82. The van der Waals surface area contributed by atoms with Gasteiger partial charge in [-0.25, -0.2) is 4.79 Å². The van der Waals surface area contributed by atoms with Crippen LogP contribution >= 0.6 is 15.9 Å². The van der Waals surface area contributed by atoms with Gasteiger partial charge in [-0.05, 0) is 34.7 Å². The molecule has 0 radical (unpaired) electrons. The maximum absolute atomic E-state index is 12.0. The van der Waals surface area contributed by atoms with E-state index in [0.29, 0.717) is 12.8 Å². The van der Waals surface area contributed by atoms with E-state index >= 15 is 0 Å². The van der Waals surface area contributed by atoms with Crippen LogP contribution in [0.2, 0.25) is 0 Å². The van der Waals surface area contributed by atoms with E-state index in [2.05, 4.69) is 20.9 Å². The Balaban J connectivity index is 2.27. The number of H-pyrrole nitrogens is 1. The van der Waals surface area contributed by atoms with E-state index in [1.807, 2.05) is 0 Å². The molecule has 9 heteroatoms. The fourth-order valence-electron chi connectivity index (χ4n) is 2.79. The van der Waals surface area contributed by atoms with Crippen molar-refractivity contribution >= 4 is 27.9 Å². The maximum Gasteiger partial charge on any atom is 0.328 e. The molecule has 126 valence electrons. The Labute approximate surface area is 139 Å². The van der Waals surface area contributed by atoms with Crippen molar-refractivity contribution in [1.82, 2.24) is 9.55 Å². The fourth-order valence-corrected chi connectivity index (χ4v) is 3.11. The Kier molecular flexibility index (Phi) is 5.40. The van der Waals surface area contributed by atoms with Gasteiger partial charge >= 0.3 is 17.6 Å². The molecule has 0 amide bonds. The van der Waals surface area contributed by atoms with Crippen molar-refractivity contribution in [1.29, 1.82) is 0 Å². The van der Waals surface area contributed by atoms with Crippen molar-refractivity contribution in [2.24, 2.45) is 5.92 Å². The Morgan fingerprint density at radius 2 is 2.00 bits per heavy atom. The Morgan fingerprint density at radius 1 is 1.30 bits per heavy atom. The predicted octanol–water partition coefficient (Wildman–Crippen LogP) is 0.745. The van der Waals surface area contributed by atoms with Gasteiger partial charge in [0.05, 0.1) is 17.1 Å². The molecule has 1 aliphatic carbocycles. The molecule has 0 aliphatic heterocycles. The smallest absolute Gasteiger partial charge is 0.328 e. The summed E-state index contributed by atoms with van der Waals surface area (Å²) in [6, 6.07) is -0.430. The molecule has 1 fully saturated rings. The Morgan fingerprint density at radius 3 is 2.61 bits per heavy atom. The Hall–Kier alpha value is -1.90. The highest BCUT2D eigenvalue weighted by Gasteiger charge is 2.38. The van der Waals surface area contributed by atoms with Crippen molar-refractivity contribution < 1.29 is 19.1 Å². The summed E-state index contributed by atoms with van der Waals surface area (Å²) >= 11 is 3.08. The van der Waals surface area contributed by atoms with Crippen molar-refractivity contribution in [3.8, 4) is 0 Å². The highest BCUT2D eigenvalue weighted by atomic mass is 79.9. The molecule has 0 saturated heterocycles. The number of rotatable bonds is 4. The van der Waals surface area contributed by atoms with E-state index in [-0.39, 0.29) is 23.0 Å². The summed E-state index contributed by atoms with van der Waals surface area (Å²) in [5.41, 5.74) is -1.10. The van der Waals surface area contributed by atoms with Gasteiger partial charge in [0.15, 0.2) is 0 Å². The quantitative estimate of drug-likeness (QED) is 0.762. The number of esters is 2. The van der Waals surface area contributed by atoms with Crippen LogP contribution in [0, 0.1) is 5.92 Å². The molecule has 1 aromatic rings. The van der Waals surface area contributed by atoms with E-state index in [1.165, 1.54) is 24.6 Å². The Bertz CT molecular complexity index is 725. The molecule has 3 atom stereocenters. The SMILES string of the molecule is CC(=O)OCC1CC(OC(C)=O)C(n2cc(Br)c(=O)[nH]c2=O)C1. The molecular formula is C14H17BrN2O6. The number of halogens is 1. The minimum Gasteiger partial charge on any atom is -0.466 e. The molecule has 8 nitrogen and oxygen atoms in total. The molecule has 2 rings (SSSR count). The molecule has 3 unspecified atom stereocenters. The third-order valence-electron chi connectivity index (χ3n) is 3.69. The van der Waals surface area contributed by atoms with Crippen LogP contribution in [0.3, 0.4) is 0 Å². The van der Waals surface area contributed by atoms with Crippen molar-refractivity contribution in [3.63, 3.8) is 0 Å². The predicted molar refractivity (Wildman–Crippen MR) is 83.0 cm³/mol. The highest BCUT2D eigenvalue weighted by molar-refractivity contribution is 9.10. The molecular weight excluding hydrogens is 372 g/mol. The van der Waals surface area contributed by atoms with Crippen LogP contribution in [0.4, 0.5) is 0 Å². The van der Waals surface area contributed by atoms with Gasteiger partial charge in [0.2, 0.25) is 0 Å². The lowest BCUT2D eigenvalue weighted by atomic mass is 10.1. The molecule has 0 spiro atoms. The lowest BCUT2D eigenvalue weighted by Gasteiger charge is -2.21. The first-order valence-corrected chi connectivity index (χ1v) is 7.88. The molecule has 1 heterocycles. The zero-order valence-electron chi connectivity index (χ0n) is 12.7. The number of nitrogens with one attached hydrogen (secondary N) is 1. The molecule has 0 bridgehead atoms. The standard InChI is InChI=1S/C14H17BrN2O6/c1-7(18)22-6-9-3-11(12(4-9)23-8(2)19)17-5-10(15)13(20)16-14(17)21/h5,9,11-12H,3-4,6H2,1-2H3,(H,16,20,21). The first-order valence-electron chi connectivity index (χ1n) is 7.09. The third-order valence-corrected chi connectivity index (χ3v) is 4.26. The zero-order chi connectivity index (χ0) is 17.1. The van der Waals surface area contributed by atoms with Crippen molar-refractivity contribution in [3.05, 3.63) is 31.5 Å². The first kappa shape index (κ1) is 17.5. The van der Waals surface area contributed by atoms with E-state index in [9.17, 15) is 19.2 Å². The zero-order valence-corrected chi connectivity index (χ0v) is 14.3. The third kappa shape index (κ3) is 4.31. The number of nitrogens with zero attached hydrogens (tertiary/aromatic N) is 1. The first-order chi connectivity index (χ1) is 10.8. The van der Waals surface area contributed by atoms with Crippen LogP contribution in [0.5, 0.6) is 0 Å². The second-order valence-corrected chi connectivity index (χ2v) is 6.35. The monoisotopic (exact) mass is 388 g/mol. The molecule has 1 N–H and O–H groups in total. The van der Waals surface area contributed by atoms with Crippen LogP contribution < -0.4 is 11.2 Å². The largest absolute Gasteiger partial charge is 0.466 e. The van der Waals surface area contributed by atoms with Crippen molar-refractivity contribution in [2.45, 2.75) is 38.8 Å². The van der Waals surface area contributed by atoms with E-state index < -0.39 is 29.4 Å². The van der Waals surface area contributed by atoms with Gasteiger partial charge in [-0.1, -0.05) is 0 Å². The number of carbonyl (C=O) groups excluding carboxylic acids is 2. The van der Waals surface area contributed by atoms with Crippen LogP contribution in [0.25, 0.3) is 0 Å². The van der Waals surface area contributed by atoms with E-state index in [4.69, 9.17) is 9.47 Å². The summed E-state index contributed by atoms with van der Waals surface area (Å²) in [6.07, 6.45) is 1.82. The van der Waals surface area contributed by atoms with Gasteiger partial charge < -0.3 is 9.47 Å². The number of hydrogen-bond donors (Lipinski definition) is 1. The lowest BCUT2D eigenvalue weighted by molar-refractivity contribution is -0.148. The fraction of sp³-hybridized carbons (Fsp3) is 0.571. The van der Waals surface area contributed by atoms with Gasteiger partial charge in [-0.3, -0.25) is 23.9 Å². The van der Waals surface area contributed by atoms with Crippen LogP contribution in [-0.4, -0.2) is 34.2 Å². The number of aromatic amines is 1. The maximum atomic E-state index is 12.0. The molecule has 0 aromatic carbocycles. The summed E-state index contributed by atoms with van der Waals surface area (Å²) in [5, 5.41) is 0. The van der Waals surface area contributed by atoms with E-state index in [0.717, 1.165) is 0 Å². The van der Waals surface area contributed by atoms with Gasteiger partial charge in [-0.15, -0.1) is 0 Å². The molecule has 1 aromatic heterocycles. The van der Waals surface area contributed by atoms with Crippen LogP contribution in [-0.2, 0) is 19.1 Å². The number of ether oxygens (including phenoxy) is 2. The van der Waals surface area contributed by atoms with Gasteiger partial charge in [0.1, 0.15) is 6.10 Å².